The van der Waals surface area contributed by atoms with E-state index in [0.29, 0.717) is 43.9 Å². The van der Waals surface area contributed by atoms with Gasteiger partial charge >= 0.3 is 0 Å². The van der Waals surface area contributed by atoms with E-state index in [4.69, 9.17) is 14.2 Å². The number of methoxy groups -OCH3 is 1. The molecule has 9 rings (SSSR count). The number of Topliss-reactive ketones (excluding diaryl/α,β-unsaturated/α-hetero) is 1. The Balaban J connectivity index is 1.12. The van der Waals surface area contributed by atoms with E-state index in [9.17, 15) is 20.1 Å². The Bertz CT molecular complexity index is 2230. The van der Waals surface area contributed by atoms with Gasteiger partial charge in [0.05, 0.1) is 19.1 Å². The molecular weight excluding hydrogens is 727 g/mol. The van der Waals surface area contributed by atoms with Crippen molar-refractivity contribution in [3.05, 3.63) is 118 Å². The molecule has 5 aliphatic rings. The molecule has 8 nitrogen and oxygen atoms in total. The van der Waals surface area contributed by atoms with Crippen LogP contribution in [0.3, 0.4) is 0 Å². The fourth-order valence-electron chi connectivity index (χ4n) is 8.89. The first-order valence-corrected chi connectivity index (χ1v) is 21.0. The van der Waals surface area contributed by atoms with E-state index in [2.05, 4.69) is 54.6 Å². The van der Waals surface area contributed by atoms with Crippen molar-refractivity contribution in [1.82, 2.24) is 0 Å². The number of carbonyl (C=O) groups is 1. The number of rotatable bonds is 12. The van der Waals surface area contributed by atoms with Crippen molar-refractivity contribution < 1.29 is 34.3 Å². The quantitative estimate of drug-likeness (QED) is 0.0829. The second-order valence-electron chi connectivity index (χ2n) is 16.3. The topological polar surface area (TPSA) is 117 Å². The summed E-state index contributed by atoms with van der Waals surface area (Å²) >= 11 is 0. The maximum Gasteiger partial charge on any atom is 0.161 e. The summed E-state index contributed by atoms with van der Waals surface area (Å²) in [6, 6.07) is 20.5. The number of aliphatic hydroxyl groups excluding tert-OH is 2. The Kier molecular flexibility index (Phi) is 13.3. The van der Waals surface area contributed by atoms with Crippen molar-refractivity contribution in [3.63, 3.8) is 0 Å². The van der Waals surface area contributed by atoms with E-state index >= 15 is 0 Å². The number of ether oxygens (including phenoxy) is 3. The van der Waals surface area contributed by atoms with Crippen LogP contribution in [-0.4, -0.2) is 47.0 Å². The second-order valence-corrected chi connectivity index (χ2v) is 16.3. The molecule has 0 amide bonds. The number of fused-ring (bicyclic) bond motifs is 1. The summed E-state index contributed by atoms with van der Waals surface area (Å²) in [5, 5.41) is 37.2. The molecule has 304 valence electrons. The average molecular weight is 784 g/mol. The standard InChI is InChI=1S/C50H57NO7/c1-4-36-28-46(55)50-38-14-15-39-22-35(24-45(36)49(39)50)31-58-48-25-34(13-19-47(48)56-3)12-17-43(54)29-44(57-21-20-38)27-40-26-42(53)18-16-37(40)10-6-5-8-33-9-7-11-41(23-33)51-30-32(2)52/h7,9,11,13,16,18-19,22-26,28,32,37-38,40,44,51-53,55H,4-6,8,10,12,14-15,17,27,29-31H2,1-3H3/t32-,37-,38+,40-,44-/m0/s1. The number of anilines is 1. The third-order valence-electron chi connectivity index (χ3n) is 11.9. The number of aliphatic hydroxyl groups is 2. The molecule has 0 saturated heterocycles. The van der Waals surface area contributed by atoms with Crippen molar-refractivity contribution in [2.45, 2.75) is 109 Å². The molecule has 0 radical (unpaired) electrons. The molecule has 0 aromatic heterocycles. The lowest BCUT2D eigenvalue weighted by Gasteiger charge is -2.28. The van der Waals surface area contributed by atoms with Gasteiger partial charge in [0.1, 0.15) is 36.1 Å². The van der Waals surface area contributed by atoms with Gasteiger partial charge < -0.3 is 34.8 Å². The zero-order valence-corrected chi connectivity index (χ0v) is 34.1. The Morgan fingerprint density at radius 2 is 1.88 bits per heavy atom. The van der Waals surface area contributed by atoms with Crippen molar-refractivity contribution >= 4 is 22.2 Å². The van der Waals surface area contributed by atoms with Gasteiger partial charge in [-0.2, -0.15) is 0 Å². The molecule has 0 unspecified atom stereocenters. The van der Waals surface area contributed by atoms with Gasteiger partial charge in [-0.3, -0.25) is 4.79 Å². The number of hydrogen-bond donors (Lipinski definition) is 4. The summed E-state index contributed by atoms with van der Waals surface area (Å²) in [5.41, 5.74) is 7.40. The molecular formula is C50H57NO7. The van der Waals surface area contributed by atoms with Gasteiger partial charge in [0.2, 0.25) is 0 Å². The number of allylic oxidation sites excluding steroid dienone is 3. The molecule has 8 bridgehead atoms. The normalized spacial score (nSPS) is 20.9. The highest BCUT2D eigenvalue weighted by Gasteiger charge is 2.29. The minimum Gasteiger partial charge on any atom is -0.508 e. The first kappa shape index (κ1) is 40.8. The number of ketones is 1. The van der Waals surface area contributed by atoms with Crippen LogP contribution in [0.5, 0.6) is 17.2 Å². The number of unbranched alkanes of at least 4 members (excludes halogenated alkanes) is 1. The zero-order valence-electron chi connectivity index (χ0n) is 34.1. The van der Waals surface area contributed by atoms with Crippen LogP contribution in [0.15, 0.2) is 84.7 Å². The van der Waals surface area contributed by atoms with Gasteiger partial charge in [0.15, 0.2) is 11.5 Å². The molecule has 5 atom stereocenters. The number of nitrogens with one attached hydrogen (secondary N) is 1. The maximum atomic E-state index is 13.7. The molecule has 0 saturated carbocycles. The minimum atomic E-state index is -0.480. The number of carbonyl (C=O) groups excluding carboxylic acids is 1. The van der Waals surface area contributed by atoms with Crippen LogP contribution in [0, 0.1) is 23.9 Å². The molecule has 2 aliphatic carbocycles. The van der Waals surface area contributed by atoms with Gasteiger partial charge in [0.25, 0.3) is 0 Å². The Morgan fingerprint density at radius 3 is 2.71 bits per heavy atom. The monoisotopic (exact) mass is 783 g/mol. The Hall–Kier alpha value is -5.39. The maximum absolute atomic E-state index is 13.7. The fourth-order valence-corrected chi connectivity index (χ4v) is 8.89. The highest BCUT2D eigenvalue weighted by Crippen LogP contribution is 2.44. The number of aromatic hydroxyl groups is 1. The van der Waals surface area contributed by atoms with E-state index in [0.717, 1.165) is 83.7 Å². The average Bonchev–Trinajstić information content (AvgIpc) is 3.22. The summed E-state index contributed by atoms with van der Waals surface area (Å²) in [4.78, 5) is 13.7. The van der Waals surface area contributed by atoms with Crippen LogP contribution in [0.2, 0.25) is 0 Å². The SMILES string of the molecule is CCc1cc(O)c2c3c4cc(cc13)COc1cc(ccc1OC)CCC(=O)C[C@H](C[C@@H]1C=C(O)C=C[C@@H]1CCCCc1cccc(NC[C@H](C)O)c1)OC#C[C@H]2CC4. The second kappa shape index (κ2) is 18.9. The number of hydrogen-bond acceptors (Lipinski definition) is 8. The molecule has 3 heterocycles. The molecule has 3 aliphatic heterocycles. The molecule has 4 N–H and O–H groups in total. The lowest BCUT2D eigenvalue weighted by molar-refractivity contribution is -0.121. The summed E-state index contributed by atoms with van der Waals surface area (Å²) in [5.74, 6) is 5.14. The van der Waals surface area contributed by atoms with Crippen LogP contribution in [0.25, 0.3) is 10.8 Å². The number of benzene rings is 4. The van der Waals surface area contributed by atoms with E-state index in [1.165, 1.54) is 11.1 Å². The van der Waals surface area contributed by atoms with Gasteiger partial charge in [0, 0.05) is 30.6 Å². The molecule has 8 heteroatoms. The number of phenols is 1. The predicted molar refractivity (Wildman–Crippen MR) is 230 cm³/mol. The van der Waals surface area contributed by atoms with Gasteiger partial charge in [-0.05, 0) is 157 Å². The molecule has 58 heavy (non-hydrogen) atoms. The highest BCUT2D eigenvalue weighted by atomic mass is 16.5. The van der Waals surface area contributed by atoms with Crippen LogP contribution < -0.4 is 14.8 Å². The van der Waals surface area contributed by atoms with Crippen molar-refractivity contribution in [1.29, 1.82) is 0 Å². The summed E-state index contributed by atoms with van der Waals surface area (Å²) < 4.78 is 18.4. The summed E-state index contributed by atoms with van der Waals surface area (Å²) in [6.07, 6.45) is 15.8. The van der Waals surface area contributed by atoms with Crippen LogP contribution in [0.4, 0.5) is 5.69 Å². The smallest absolute Gasteiger partial charge is 0.161 e. The minimum absolute atomic E-state index is 0.0264. The zero-order chi connectivity index (χ0) is 40.6. The largest absolute Gasteiger partial charge is 0.508 e. The van der Waals surface area contributed by atoms with Crippen molar-refractivity contribution in [3.8, 4) is 29.3 Å². The van der Waals surface area contributed by atoms with Crippen molar-refractivity contribution in [2.75, 3.05) is 19.0 Å². The third-order valence-corrected chi connectivity index (χ3v) is 11.9. The van der Waals surface area contributed by atoms with E-state index in [1.54, 1.807) is 20.1 Å². The summed E-state index contributed by atoms with van der Waals surface area (Å²) in [7, 11) is 1.63. The van der Waals surface area contributed by atoms with Gasteiger partial charge in [-0.25, -0.2) is 0 Å². The van der Waals surface area contributed by atoms with Crippen LogP contribution in [0.1, 0.15) is 98.1 Å². The van der Waals surface area contributed by atoms with E-state index in [-0.39, 0.29) is 41.5 Å². The molecule has 4 aromatic carbocycles. The predicted octanol–water partition coefficient (Wildman–Crippen LogP) is 9.82. The molecule has 0 spiro atoms. The molecule has 0 fully saturated rings. The van der Waals surface area contributed by atoms with Gasteiger partial charge in [-0.15, -0.1) is 0 Å². The van der Waals surface area contributed by atoms with Crippen LogP contribution >= 0.6 is 0 Å². The number of phenolic OH excluding ortho intramolecular Hbond substituents is 1. The van der Waals surface area contributed by atoms with Gasteiger partial charge in [-0.1, -0.05) is 49.6 Å². The Morgan fingerprint density at radius 1 is 1.00 bits per heavy atom. The van der Waals surface area contributed by atoms with Crippen LogP contribution in [-0.2, 0) is 41.8 Å². The highest BCUT2D eigenvalue weighted by molar-refractivity contribution is 5.95. The lowest BCUT2D eigenvalue weighted by Crippen LogP contribution is -2.24. The fraction of sp³-hybridized carbons (Fsp3) is 0.420. The third kappa shape index (κ3) is 10.00. The molecule has 4 aromatic rings. The first-order valence-electron chi connectivity index (χ1n) is 21.0. The Labute approximate surface area is 342 Å². The van der Waals surface area contributed by atoms with E-state index < -0.39 is 12.2 Å². The van der Waals surface area contributed by atoms with Crippen molar-refractivity contribution in [2.24, 2.45) is 11.8 Å². The van der Waals surface area contributed by atoms with E-state index in [1.807, 2.05) is 42.5 Å². The number of aryl methyl sites for hydroxylation is 4. The lowest BCUT2D eigenvalue weighted by atomic mass is 9.79. The first-order chi connectivity index (χ1) is 28.2. The summed E-state index contributed by atoms with van der Waals surface area (Å²) in [6.45, 7) is 4.75.